The zero-order valence-electron chi connectivity index (χ0n) is 19.6. The number of rotatable bonds is 8. The highest BCUT2D eigenvalue weighted by molar-refractivity contribution is 6.01. The van der Waals surface area contributed by atoms with Crippen LogP contribution in [0.25, 0.3) is 11.1 Å². The van der Waals surface area contributed by atoms with E-state index < -0.39 is 6.10 Å². The van der Waals surface area contributed by atoms with E-state index in [1.807, 2.05) is 78.9 Å². The second-order valence-electron chi connectivity index (χ2n) is 8.51. The summed E-state index contributed by atoms with van der Waals surface area (Å²) in [6.45, 7) is 0.397. The Labute approximate surface area is 205 Å². The minimum absolute atomic E-state index is 0.0989. The number of hydrogen-bond acceptors (Lipinski definition) is 5. The Kier molecular flexibility index (Phi) is 7.90. The van der Waals surface area contributed by atoms with E-state index in [4.69, 9.17) is 4.84 Å². The first-order valence-corrected chi connectivity index (χ1v) is 11.6. The molecule has 1 unspecified atom stereocenters. The smallest absolute Gasteiger partial charge is 0.254 e. The molecule has 4 rings (SSSR count). The number of amides is 2. The van der Waals surface area contributed by atoms with E-state index in [0.29, 0.717) is 24.2 Å². The quantitative estimate of drug-likeness (QED) is 0.489. The van der Waals surface area contributed by atoms with Crippen LogP contribution in [-0.2, 0) is 9.63 Å². The van der Waals surface area contributed by atoms with Gasteiger partial charge in [-0.3, -0.25) is 9.59 Å². The fraction of sp³-hybridized carbons (Fsp3) is 0.250. The normalized spacial score (nSPS) is 17.3. The van der Waals surface area contributed by atoms with E-state index >= 15 is 0 Å². The van der Waals surface area contributed by atoms with Crippen molar-refractivity contribution in [3.8, 4) is 11.1 Å². The lowest BCUT2D eigenvalue weighted by Crippen LogP contribution is -2.40. The fourth-order valence-corrected chi connectivity index (χ4v) is 4.31. The Morgan fingerprint density at radius 2 is 1.71 bits per heavy atom. The molecular formula is C28H29N3O4. The van der Waals surface area contributed by atoms with Crippen molar-refractivity contribution in [3.63, 3.8) is 0 Å². The summed E-state index contributed by atoms with van der Waals surface area (Å²) in [5.41, 5.74) is 3.97. The summed E-state index contributed by atoms with van der Waals surface area (Å²) in [5.74, 6) is -0.398. The van der Waals surface area contributed by atoms with E-state index in [1.165, 1.54) is 7.11 Å². The van der Waals surface area contributed by atoms with Gasteiger partial charge in [0.15, 0.2) is 0 Å². The maximum absolute atomic E-state index is 13.5. The monoisotopic (exact) mass is 471 g/mol. The zero-order chi connectivity index (χ0) is 24.6. The second kappa shape index (κ2) is 11.4. The fourth-order valence-electron chi connectivity index (χ4n) is 4.31. The average Bonchev–Trinajstić information content (AvgIpc) is 3.30. The predicted molar refractivity (Wildman–Crippen MR) is 135 cm³/mol. The van der Waals surface area contributed by atoms with Crippen LogP contribution in [-0.4, -0.2) is 53.8 Å². The summed E-state index contributed by atoms with van der Waals surface area (Å²) in [6.07, 6.45) is -0.242. The van der Waals surface area contributed by atoms with Crippen molar-refractivity contribution in [2.24, 2.45) is 5.16 Å². The van der Waals surface area contributed by atoms with Crippen molar-refractivity contribution in [2.75, 3.05) is 20.2 Å². The lowest BCUT2D eigenvalue weighted by Gasteiger charge is -2.24. The molecule has 2 atom stereocenters. The van der Waals surface area contributed by atoms with Gasteiger partial charge in [-0.05, 0) is 28.8 Å². The van der Waals surface area contributed by atoms with Gasteiger partial charge in [0, 0.05) is 31.0 Å². The molecule has 180 valence electrons. The van der Waals surface area contributed by atoms with E-state index in [-0.39, 0.29) is 30.8 Å². The molecule has 3 aromatic carbocycles. The van der Waals surface area contributed by atoms with Crippen molar-refractivity contribution in [1.29, 1.82) is 0 Å². The molecule has 1 heterocycles. The Bertz CT molecular complexity index is 1180. The van der Waals surface area contributed by atoms with Crippen LogP contribution in [0.5, 0.6) is 0 Å². The number of likely N-dealkylation sites (tertiary alicyclic amines) is 1. The summed E-state index contributed by atoms with van der Waals surface area (Å²) < 4.78 is 0. The van der Waals surface area contributed by atoms with Crippen molar-refractivity contribution in [1.82, 2.24) is 10.2 Å². The molecule has 35 heavy (non-hydrogen) atoms. The Morgan fingerprint density at radius 1 is 1.03 bits per heavy atom. The van der Waals surface area contributed by atoms with Gasteiger partial charge in [0.2, 0.25) is 5.91 Å². The van der Waals surface area contributed by atoms with Gasteiger partial charge in [-0.25, -0.2) is 0 Å². The molecule has 0 aromatic heterocycles. The Morgan fingerprint density at radius 3 is 2.43 bits per heavy atom. The lowest BCUT2D eigenvalue weighted by atomic mass is 10.0. The van der Waals surface area contributed by atoms with Crippen LogP contribution in [0.2, 0.25) is 0 Å². The van der Waals surface area contributed by atoms with Gasteiger partial charge in [-0.15, -0.1) is 0 Å². The number of benzene rings is 3. The van der Waals surface area contributed by atoms with Gasteiger partial charge >= 0.3 is 0 Å². The second-order valence-corrected chi connectivity index (χ2v) is 8.51. The molecule has 0 aliphatic carbocycles. The molecule has 1 aliphatic rings. The van der Waals surface area contributed by atoms with Crippen molar-refractivity contribution < 1.29 is 19.5 Å². The third kappa shape index (κ3) is 6.13. The first-order chi connectivity index (χ1) is 17.0. The summed E-state index contributed by atoms with van der Waals surface area (Å²) in [7, 11) is 1.47. The number of aliphatic hydroxyl groups is 1. The topological polar surface area (TPSA) is 91.2 Å². The first-order valence-electron chi connectivity index (χ1n) is 11.6. The SMILES string of the molecule is CON=C1C[C@@H](CC(=O)NCC(O)c2ccccc2)N(C(=O)c2cccc(-c3ccccc3)c2)C1. The minimum Gasteiger partial charge on any atom is -0.399 e. The summed E-state index contributed by atoms with van der Waals surface area (Å²) in [5, 5.41) is 17.2. The van der Waals surface area contributed by atoms with Gasteiger partial charge in [0.25, 0.3) is 5.91 Å². The predicted octanol–water partition coefficient (Wildman–Crippen LogP) is 3.81. The van der Waals surface area contributed by atoms with Gasteiger partial charge < -0.3 is 20.2 Å². The molecule has 1 fully saturated rings. The van der Waals surface area contributed by atoms with Crippen molar-refractivity contribution >= 4 is 17.5 Å². The van der Waals surface area contributed by atoms with Crippen LogP contribution >= 0.6 is 0 Å². The molecular weight excluding hydrogens is 442 g/mol. The highest BCUT2D eigenvalue weighted by Gasteiger charge is 2.35. The molecule has 1 saturated heterocycles. The highest BCUT2D eigenvalue weighted by Crippen LogP contribution is 2.25. The van der Waals surface area contributed by atoms with E-state index in [1.54, 1.807) is 11.0 Å². The largest absolute Gasteiger partial charge is 0.399 e. The molecule has 0 radical (unpaired) electrons. The number of carbonyl (C=O) groups excluding carboxylic acids is 2. The van der Waals surface area contributed by atoms with Crippen molar-refractivity contribution in [3.05, 3.63) is 96.1 Å². The summed E-state index contributed by atoms with van der Waals surface area (Å²) in [4.78, 5) is 32.8. The molecule has 7 heteroatoms. The van der Waals surface area contributed by atoms with E-state index in [9.17, 15) is 14.7 Å². The molecule has 3 aromatic rings. The van der Waals surface area contributed by atoms with Crippen LogP contribution in [0, 0.1) is 0 Å². The van der Waals surface area contributed by atoms with Crippen LogP contribution in [0.4, 0.5) is 0 Å². The number of aliphatic hydroxyl groups excluding tert-OH is 1. The third-order valence-corrected chi connectivity index (χ3v) is 6.06. The van der Waals surface area contributed by atoms with Crippen LogP contribution in [0.1, 0.15) is 34.9 Å². The summed E-state index contributed by atoms with van der Waals surface area (Å²) >= 11 is 0. The molecule has 7 nitrogen and oxygen atoms in total. The number of nitrogens with one attached hydrogen (secondary N) is 1. The van der Waals surface area contributed by atoms with E-state index in [0.717, 1.165) is 16.7 Å². The van der Waals surface area contributed by atoms with Gasteiger partial charge in [0.1, 0.15) is 7.11 Å². The molecule has 1 aliphatic heterocycles. The maximum Gasteiger partial charge on any atom is 0.254 e. The van der Waals surface area contributed by atoms with Gasteiger partial charge in [-0.2, -0.15) is 0 Å². The molecule has 2 amide bonds. The van der Waals surface area contributed by atoms with Gasteiger partial charge in [-0.1, -0.05) is 78.0 Å². The van der Waals surface area contributed by atoms with Crippen LogP contribution < -0.4 is 5.32 Å². The highest BCUT2D eigenvalue weighted by atomic mass is 16.6. The number of carbonyl (C=O) groups is 2. The molecule has 0 spiro atoms. The maximum atomic E-state index is 13.5. The average molecular weight is 472 g/mol. The number of hydrogen-bond donors (Lipinski definition) is 2. The standard InChI is InChI=1S/C28H29N3O4/c1-35-30-24-16-25(17-27(33)29-18-26(32)21-11-6-3-7-12-21)31(19-24)28(34)23-14-8-13-22(15-23)20-9-4-2-5-10-20/h2-15,25-26,32H,16-19H2,1H3,(H,29,33)/t25-,26?/m0/s1. The third-order valence-electron chi connectivity index (χ3n) is 6.06. The Hall–Kier alpha value is -3.97. The van der Waals surface area contributed by atoms with Crippen molar-refractivity contribution in [2.45, 2.75) is 25.0 Å². The Balaban J connectivity index is 1.45. The minimum atomic E-state index is -0.798. The number of oxime groups is 1. The van der Waals surface area contributed by atoms with Crippen LogP contribution in [0.15, 0.2) is 90.1 Å². The van der Waals surface area contributed by atoms with E-state index in [2.05, 4.69) is 10.5 Å². The molecule has 2 N–H and O–H groups in total. The zero-order valence-corrected chi connectivity index (χ0v) is 19.6. The van der Waals surface area contributed by atoms with Crippen LogP contribution in [0.3, 0.4) is 0 Å². The number of nitrogens with zero attached hydrogens (tertiary/aromatic N) is 2. The molecule has 0 bridgehead atoms. The van der Waals surface area contributed by atoms with Gasteiger partial charge in [0.05, 0.1) is 18.4 Å². The summed E-state index contributed by atoms with van der Waals surface area (Å²) in [6, 6.07) is 26.2. The first kappa shape index (κ1) is 24.2. The molecule has 0 saturated carbocycles. The lowest BCUT2D eigenvalue weighted by molar-refractivity contribution is -0.122.